The van der Waals surface area contributed by atoms with Crippen molar-refractivity contribution in [1.29, 1.82) is 0 Å². The number of carbonyl (C=O) groups is 1. The highest BCUT2D eigenvalue weighted by atomic mass is 19.4. The predicted octanol–water partition coefficient (Wildman–Crippen LogP) is 3.02. The van der Waals surface area contributed by atoms with Gasteiger partial charge in [0.15, 0.2) is 0 Å². The molecule has 0 N–H and O–H groups in total. The van der Waals surface area contributed by atoms with Crippen molar-refractivity contribution >= 4 is 5.91 Å². The zero-order valence-electron chi connectivity index (χ0n) is 11.4. The summed E-state index contributed by atoms with van der Waals surface area (Å²) in [6.07, 6.45) is -3.35. The minimum absolute atomic E-state index is 0.0489. The lowest BCUT2D eigenvalue weighted by Gasteiger charge is -2.34. The Bertz CT molecular complexity index is 540. The van der Waals surface area contributed by atoms with Crippen molar-refractivity contribution in [3.05, 3.63) is 35.4 Å². The fourth-order valence-corrected chi connectivity index (χ4v) is 2.66. The number of morpholine rings is 1. The van der Waals surface area contributed by atoms with Crippen LogP contribution in [0.25, 0.3) is 0 Å². The van der Waals surface area contributed by atoms with Crippen LogP contribution in [0.2, 0.25) is 0 Å². The minimum Gasteiger partial charge on any atom is -0.370 e. The Morgan fingerprint density at radius 3 is 2.62 bits per heavy atom. The number of hydrogen-bond acceptors (Lipinski definition) is 2. The quantitative estimate of drug-likeness (QED) is 0.840. The smallest absolute Gasteiger partial charge is 0.370 e. The molecule has 1 aromatic carbocycles. The minimum atomic E-state index is -4.41. The molecule has 3 rings (SSSR count). The number of nitrogens with zero attached hydrogens (tertiary/aromatic N) is 1. The van der Waals surface area contributed by atoms with Gasteiger partial charge in [-0.25, -0.2) is 0 Å². The molecule has 2 fully saturated rings. The maximum Gasteiger partial charge on any atom is 0.416 e. The van der Waals surface area contributed by atoms with E-state index in [1.807, 2.05) is 0 Å². The number of hydrogen-bond donors (Lipinski definition) is 0. The summed E-state index contributed by atoms with van der Waals surface area (Å²) in [4.78, 5) is 13.7. The Morgan fingerprint density at radius 1 is 1.24 bits per heavy atom. The Hall–Kier alpha value is -1.56. The van der Waals surface area contributed by atoms with E-state index in [1.165, 1.54) is 12.1 Å². The topological polar surface area (TPSA) is 29.5 Å². The van der Waals surface area contributed by atoms with Gasteiger partial charge in [-0.15, -0.1) is 0 Å². The van der Waals surface area contributed by atoms with E-state index in [-0.39, 0.29) is 30.5 Å². The average Bonchev–Trinajstić information content (AvgIpc) is 3.30. The van der Waals surface area contributed by atoms with Crippen molar-refractivity contribution < 1.29 is 22.7 Å². The van der Waals surface area contributed by atoms with E-state index in [2.05, 4.69) is 0 Å². The number of ether oxygens (including phenoxy) is 1. The standard InChI is InChI=1S/C15H16F3NO2/c16-15(17,18)12-4-2-1-3-11(12)13-9-19(7-8-21-13)14(20)10-5-6-10/h1-4,10,13H,5-9H2. The van der Waals surface area contributed by atoms with Crippen molar-refractivity contribution in [3.8, 4) is 0 Å². The van der Waals surface area contributed by atoms with Gasteiger partial charge >= 0.3 is 6.18 Å². The molecule has 1 saturated heterocycles. The summed E-state index contributed by atoms with van der Waals surface area (Å²) >= 11 is 0. The van der Waals surface area contributed by atoms with Crippen LogP contribution < -0.4 is 0 Å². The molecule has 0 aromatic heterocycles. The van der Waals surface area contributed by atoms with E-state index in [4.69, 9.17) is 4.74 Å². The number of halogens is 3. The molecule has 0 spiro atoms. The van der Waals surface area contributed by atoms with Gasteiger partial charge in [0, 0.05) is 12.5 Å². The predicted molar refractivity (Wildman–Crippen MR) is 69.4 cm³/mol. The number of rotatable bonds is 2. The lowest BCUT2D eigenvalue weighted by atomic mass is 10.0. The first kappa shape index (κ1) is 14.4. The molecule has 0 radical (unpaired) electrons. The highest BCUT2D eigenvalue weighted by Crippen LogP contribution is 2.37. The maximum absolute atomic E-state index is 13.1. The molecule has 1 amide bonds. The van der Waals surface area contributed by atoms with Crippen molar-refractivity contribution in [2.75, 3.05) is 19.7 Å². The van der Waals surface area contributed by atoms with E-state index in [0.29, 0.717) is 6.54 Å². The van der Waals surface area contributed by atoms with Gasteiger partial charge in [0.05, 0.1) is 18.7 Å². The third-order valence-electron chi connectivity index (χ3n) is 3.92. The molecule has 1 aliphatic heterocycles. The van der Waals surface area contributed by atoms with Crippen molar-refractivity contribution in [3.63, 3.8) is 0 Å². The fraction of sp³-hybridized carbons (Fsp3) is 0.533. The van der Waals surface area contributed by atoms with E-state index in [0.717, 1.165) is 18.9 Å². The van der Waals surface area contributed by atoms with Gasteiger partial charge in [-0.05, 0) is 24.5 Å². The zero-order chi connectivity index (χ0) is 15.0. The average molecular weight is 299 g/mol. The number of alkyl halides is 3. The molecular weight excluding hydrogens is 283 g/mol. The molecule has 0 bridgehead atoms. The Kier molecular flexibility index (Phi) is 3.65. The monoisotopic (exact) mass is 299 g/mol. The van der Waals surface area contributed by atoms with Crippen LogP contribution in [0, 0.1) is 5.92 Å². The van der Waals surface area contributed by atoms with Crippen LogP contribution in [0.1, 0.15) is 30.1 Å². The van der Waals surface area contributed by atoms with Crippen LogP contribution in [-0.4, -0.2) is 30.5 Å². The van der Waals surface area contributed by atoms with Crippen LogP contribution in [0.15, 0.2) is 24.3 Å². The summed E-state index contributed by atoms with van der Waals surface area (Å²) in [5.74, 6) is 0.120. The first-order valence-corrected chi connectivity index (χ1v) is 7.03. The molecule has 114 valence electrons. The Morgan fingerprint density at radius 2 is 1.95 bits per heavy atom. The lowest BCUT2D eigenvalue weighted by Crippen LogP contribution is -2.43. The third-order valence-corrected chi connectivity index (χ3v) is 3.92. The van der Waals surface area contributed by atoms with E-state index in [9.17, 15) is 18.0 Å². The molecule has 1 aliphatic carbocycles. The molecule has 2 aliphatic rings. The molecule has 1 heterocycles. The van der Waals surface area contributed by atoms with Crippen LogP contribution in [0.4, 0.5) is 13.2 Å². The van der Waals surface area contributed by atoms with Gasteiger partial charge in [0.1, 0.15) is 6.10 Å². The molecule has 1 atom stereocenters. The van der Waals surface area contributed by atoms with Crippen molar-refractivity contribution in [2.45, 2.75) is 25.1 Å². The van der Waals surface area contributed by atoms with Gasteiger partial charge in [-0.3, -0.25) is 4.79 Å². The van der Waals surface area contributed by atoms with Gasteiger partial charge < -0.3 is 9.64 Å². The van der Waals surface area contributed by atoms with Gasteiger partial charge in [-0.1, -0.05) is 18.2 Å². The van der Waals surface area contributed by atoms with Crippen LogP contribution in [-0.2, 0) is 15.7 Å². The fourth-order valence-electron chi connectivity index (χ4n) is 2.66. The van der Waals surface area contributed by atoms with E-state index < -0.39 is 17.8 Å². The second kappa shape index (κ2) is 5.33. The molecule has 6 heteroatoms. The summed E-state index contributed by atoms with van der Waals surface area (Å²) in [6.45, 7) is 0.928. The first-order chi connectivity index (χ1) is 9.97. The molecule has 21 heavy (non-hydrogen) atoms. The van der Waals surface area contributed by atoms with Crippen molar-refractivity contribution in [2.24, 2.45) is 5.92 Å². The SMILES string of the molecule is O=C(C1CC1)N1CCOC(c2ccccc2C(F)(F)F)C1. The van der Waals surface area contributed by atoms with Crippen molar-refractivity contribution in [1.82, 2.24) is 4.90 Å². The molecule has 1 aromatic rings. The molecule has 1 saturated carbocycles. The van der Waals surface area contributed by atoms with E-state index in [1.54, 1.807) is 11.0 Å². The van der Waals surface area contributed by atoms with Crippen LogP contribution in [0.3, 0.4) is 0 Å². The zero-order valence-corrected chi connectivity index (χ0v) is 11.4. The second-order valence-electron chi connectivity index (χ2n) is 5.50. The number of benzene rings is 1. The summed E-state index contributed by atoms with van der Waals surface area (Å²) in [6, 6.07) is 5.41. The number of carbonyl (C=O) groups excluding carboxylic acids is 1. The maximum atomic E-state index is 13.1. The van der Waals surface area contributed by atoms with Gasteiger partial charge in [0.2, 0.25) is 5.91 Å². The summed E-state index contributed by atoms with van der Waals surface area (Å²) in [5, 5.41) is 0. The van der Waals surface area contributed by atoms with Crippen LogP contribution >= 0.6 is 0 Å². The Balaban J connectivity index is 1.81. The normalized spacial score (nSPS) is 23.2. The summed E-state index contributed by atoms with van der Waals surface area (Å²) in [5.41, 5.74) is -0.575. The van der Waals surface area contributed by atoms with Gasteiger partial charge in [-0.2, -0.15) is 13.2 Å². The summed E-state index contributed by atoms with van der Waals surface area (Å²) < 4.78 is 44.7. The number of amides is 1. The lowest BCUT2D eigenvalue weighted by molar-refractivity contribution is -0.144. The second-order valence-corrected chi connectivity index (χ2v) is 5.50. The Labute approximate surface area is 120 Å². The summed E-state index contributed by atoms with van der Waals surface area (Å²) in [7, 11) is 0. The van der Waals surface area contributed by atoms with Crippen LogP contribution in [0.5, 0.6) is 0 Å². The third kappa shape index (κ3) is 3.05. The molecule has 1 unspecified atom stereocenters. The van der Waals surface area contributed by atoms with E-state index >= 15 is 0 Å². The highest BCUT2D eigenvalue weighted by molar-refractivity contribution is 5.81. The van der Waals surface area contributed by atoms with Gasteiger partial charge in [0.25, 0.3) is 0 Å². The largest absolute Gasteiger partial charge is 0.416 e. The first-order valence-electron chi connectivity index (χ1n) is 7.03. The molecule has 3 nitrogen and oxygen atoms in total. The highest BCUT2D eigenvalue weighted by Gasteiger charge is 2.39. The molecular formula is C15H16F3NO2.